The van der Waals surface area contributed by atoms with E-state index in [0.717, 1.165) is 43.0 Å². The molecule has 0 saturated carbocycles. The number of piperazine rings is 1. The Balaban J connectivity index is 1.48. The Kier molecular flexibility index (Phi) is 7.90. The van der Waals surface area contributed by atoms with Crippen LogP contribution < -0.4 is 15.8 Å². The summed E-state index contributed by atoms with van der Waals surface area (Å²) in [6.45, 7) is 3.51. The molecule has 2 heterocycles. The number of hydrogen-bond donors (Lipinski definition) is 1. The maximum Gasteiger partial charge on any atom is 0.437 e. The van der Waals surface area contributed by atoms with Gasteiger partial charge in [0.1, 0.15) is 5.75 Å². The smallest absolute Gasteiger partial charge is 0.437 e. The van der Waals surface area contributed by atoms with Crippen LogP contribution in [0.1, 0.15) is 11.1 Å². The number of carbonyl (C=O) groups excluding carboxylic acids is 1. The summed E-state index contributed by atoms with van der Waals surface area (Å²) in [4.78, 5) is 29.2. The van der Waals surface area contributed by atoms with Crippen molar-refractivity contribution in [3.8, 4) is 17.2 Å². The molecule has 0 aliphatic carbocycles. The Morgan fingerprint density at radius 3 is 2.46 bits per heavy atom. The molecule has 37 heavy (non-hydrogen) atoms. The standard InChI is InChI=1S/C24H25ClF3N5O4/c1-31-7-9-32(10-8-31)14-21(34)29-19-12-20(36-2)16(11-18(19)25)13-33-23(35)37-22(30-33)15-3-5-17(6-4-15)24(26,27)28/h3-6,11-12H,7-10,13-14H2,1-2H3,(H,29,34). The van der Waals surface area contributed by atoms with Gasteiger partial charge in [-0.25, -0.2) is 4.79 Å². The van der Waals surface area contributed by atoms with Gasteiger partial charge in [0.15, 0.2) is 0 Å². The first kappa shape index (κ1) is 26.7. The molecule has 1 aromatic heterocycles. The molecule has 198 valence electrons. The molecule has 1 amide bonds. The number of anilines is 1. The summed E-state index contributed by atoms with van der Waals surface area (Å²) < 4.78 is 50.0. The van der Waals surface area contributed by atoms with Crippen molar-refractivity contribution in [1.29, 1.82) is 0 Å². The highest BCUT2D eigenvalue weighted by molar-refractivity contribution is 6.33. The Morgan fingerprint density at radius 1 is 1.16 bits per heavy atom. The average molecular weight is 540 g/mol. The van der Waals surface area contributed by atoms with Crippen molar-refractivity contribution in [2.24, 2.45) is 0 Å². The SMILES string of the molecule is COc1cc(NC(=O)CN2CCN(C)CC2)c(Cl)cc1Cn1nc(-c2ccc(C(F)(F)F)cc2)oc1=O. The van der Waals surface area contributed by atoms with Crippen LogP contribution in [-0.4, -0.2) is 72.4 Å². The van der Waals surface area contributed by atoms with E-state index in [2.05, 4.69) is 20.2 Å². The van der Waals surface area contributed by atoms with Crippen LogP contribution in [0.15, 0.2) is 45.6 Å². The summed E-state index contributed by atoms with van der Waals surface area (Å²) >= 11 is 6.41. The summed E-state index contributed by atoms with van der Waals surface area (Å²) in [7, 11) is 3.47. The van der Waals surface area contributed by atoms with Gasteiger partial charge < -0.3 is 19.4 Å². The van der Waals surface area contributed by atoms with E-state index in [0.29, 0.717) is 17.0 Å². The van der Waals surface area contributed by atoms with Gasteiger partial charge in [-0.1, -0.05) is 11.6 Å². The lowest BCUT2D eigenvalue weighted by Gasteiger charge is -2.31. The third-order valence-electron chi connectivity index (χ3n) is 5.99. The fourth-order valence-electron chi connectivity index (χ4n) is 3.89. The second kappa shape index (κ2) is 11.0. The van der Waals surface area contributed by atoms with Crippen LogP contribution in [0.3, 0.4) is 0 Å². The number of benzene rings is 2. The lowest BCUT2D eigenvalue weighted by atomic mass is 10.1. The number of methoxy groups -OCH3 is 1. The number of nitrogens with zero attached hydrogens (tertiary/aromatic N) is 4. The van der Waals surface area contributed by atoms with Gasteiger partial charge in [0.25, 0.3) is 0 Å². The van der Waals surface area contributed by atoms with Crippen molar-refractivity contribution in [3.63, 3.8) is 0 Å². The van der Waals surface area contributed by atoms with Gasteiger partial charge in [-0.15, -0.1) is 5.10 Å². The molecule has 1 aliphatic rings. The number of ether oxygens (including phenoxy) is 1. The Hall–Kier alpha value is -3.35. The number of rotatable bonds is 7. The summed E-state index contributed by atoms with van der Waals surface area (Å²) in [5.74, 6) is -0.797. The Morgan fingerprint density at radius 2 is 1.84 bits per heavy atom. The second-order valence-corrected chi connectivity index (χ2v) is 9.08. The lowest BCUT2D eigenvalue weighted by Crippen LogP contribution is -2.47. The molecule has 2 aromatic carbocycles. The largest absolute Gasteiger partial charge is 0.496 e. The van der Waals surface area contributed by atoms with E-state index in [-0.39, 0.29) is 35.5 Å². The molecule has 0 unspecified atom stereocenters. The molecule has 1 aliphatic heterocycles. The van der Waals surface area contributed by atoms with E-state index >= 15 is 0 Å². The van der Waals surface area contributed by atoms with Gasteiger partial charge in [0.05, 0.1) is 36.5 Å². The quantitative estimate of drug-likeness (QED) is 0.492. The molecule has 1 saturated heterocycles. The van der Waals surface area contributed by atoms with Crippen molar-refractivity contribution in [3.05, 3.63) is 63.1 Å². The van der Waals surface area contributed by atoms with Crippen LogP contribution in [0.4, 0.5) is 18.9 Å². The molecule has 0 bridgehead atoms. The predicted octanol–water partition coefficient (Wildman–Crippen LogP) is 3.42. The monoisotopic (exact) mass is 539 g/mol. The number of alkyl halides is 3. The predicted molar refractivity (Wildman–Crippen MR) is 131 cm³/mol. The number of halogens is 4. The maximum absolute atomic E-state index is 12.8. The van der Waals surface area contributed by atoms with Crippen LogP contribution in [0, 0.1) is 0 Å². The first-order valence-corrected chi connectivity index (χ1v) is 11.7. The molecule has 4 rings (SSSR count). The first-order chi connectivity index (χ1) is 17.5. The third-order valence-corrected chi connectivity index (χ3v) is 6.31. The number of likely N-dealkylation sites (N-methyl/N-ethyl adjacent to an activating group) is 1. The molecule has 0 spiro atoms. The summed E-state index contributed by atoms with van der Waals surface area (Å²) in [5.41, 5.74) is 0.235. The minimum Gasteiger partial charge on any atom is -0.496 e. The van der Waals surface area contributed by atoms with Crippen molar-refractivity contribution in [2.75, 3.05) is 52.2 Å². The van der Waals surface area contributed by atoms with Crippen molar-refractivity contribution in [2.45, 2.75) is 12.7 Å². The van der Waals surface area contributed by atoms with E-state index in [1.165, 1.54) is 19.2 Å². The van der Waals surface area contributed by atoms with Crippen LogP contribution in [0.5, 0.6) is 5.75 Å². The van der Waals surface area contributed by atoms with E-state index in [1.807, 2.05) is 7.05 Å². The molecule has 0 radical (unpaired) electrons. The highest BCUT2D eigenvalue weighted by atomic mass is 35.5. The van der Waals surface area contributed by atoms with E-state index < -0.39 is 17.5 Å². The minimum absolute atomic E-state index is 0.0820. The summed E-state index contributed by atoms with van der Waals surface area (Å²) in [6.07, 6.45) is -4.48. The lowest BCUT2D eigenvalue weighted by molar-refractivity contribution is -0.137. The zero-order valence-corrected chi connectivity index (χ0v) is 20.9. The molecule has 1 N–H and O–H groups in total. The van der Waals surface area contributed by atoms with Gasteiger partial charge in [0.2, 0.25) is 11.8 Å². The molecule has 1 fully saturated rings. The fraction of sp³-hybridized carbons (Fsp3) is 0.375. The van der Waals surface area contributed by atoms with E-state index in [1.54, 1.807) is 12.1 Å². The van der Waals surface area contributed by atoms with Gasteiger partial charge in [-0.05, 0) is 37.4 Å². The number of aromatic nitrogens is 2. The minimum atomic E-state index is -4.48. The molecular weight excluding hydrogens is 515 g/mol. The highest BCUT2D eigenvalue weighted by Gasteiger charge is 2.30. The Bertz CT molecular complexity index is 1320. The molecule has 3 aromatic rings. The van der Waals surface area contributed by atoms with Crippen LogP contribution >= 0.6 is 11.6 Å². The number of nitrogens with one attached hydrogen (secondary N) is 1. The van der Waals surface area contributed by atoms with Crippen molar-refractivity contribution >= 4 is 23.2 Å². The van der Waals surface area contributed by atoms with Crippen LogP contribution in [0.25, 0.3) is 11.5 Å². The van der Waals surface area contributed by atoms with Gasteiger partial charge >= 0.3 is 11.9 Å². The summed E-state index contributed by atoms with van der Waals surface area (Å²) in [5, 5.41) is 7.13. The Labute approximate surface area is 215 Å². The van der Waals surface area contributed by atoms with Crippen LogP contribution in [0.2, 0.25) is 5.02 Å². The zero-order chi connectivity index (χ0) is 26.7. The number of carbonyl (C=O) groups is 1. The normalized spacial score (nSPS) is 15.1. The van der Waals surface area contributed by atoms with Crippen LogP contribution in [-0.2, 0) is 17.5 Å². The average Bonchev–Trinajstić information content (AvgIpc) is 3.21. The topological polar surface area (TPSA) is 92.8 Å². The molecule has 13 heteroatoms. The molecular formula is C24H25ClF3N5O4. The van der Waals surface area contributed by atoms with E-state index in [4.69, 9.17) is 20.8 Å². The van der Waals surface area contributed by atoms with E-state index in [9.17, 15) is 22.8 Å². The maximum atomic E-state index is 12.8. The number of hydrogen-bond acceptors (Lipinski definition) is 7. The third kappa shape index (κ3) is 6.51. The first-order valence-electron chi connectivity index (χ1n) is 11.4. The van der Waals surface area contributed by atoms with Gasteiger partial charge in [0, 0.05) is 43.4 Å². The second-order valence-electron chi connectivity index (χ2n) is 8.68. The number of amides is 1. The molecule has 0 atom stereocenters. The zero-order valence-electron chi connectivity index (χ0n) is 20.1. The van der Waals surface area contributed by atoms with Crippen molar-refractivity contribution < 1.29 is 27.1 Å². The van der Waals surface area contributed by atoms with Crippen molar-refractivity contribution in [1.82, 2.24) is 19.6 Å². The molecule has 9 nitrogen and oxygen atoms in total. The summed E-state index contributed by atoms with van der Waals surface area (Å²) in [6, 6.07) is 7.22. The van der Waals surface area contributed by atoms with Gasteiger partial charge in [-0.3, -0.25) is 9.69 Å². The van der Waals surface area contributed by atoms with Gasteiger partial charge in [-0.2, -0.15) is 17.9 Å². The fourth-order valence-corrected chi connectivity index (χ4v) is 4.12. The highest BCUT2D eigenvalue weighted by Crippen LogP contribution is 2.32.